The number of ether oxygens (including phenoxy) is 2. The lowest BCUT2D eigenvalue weighted by Crippen LogP contribution is -2.28. The monoisotopic (exact) mass is 489 g/mol. The van der Waals surface area contributed by atoms with E-state index in [1.54, 1.807) is 41.5 Å². The Kier molecular flexibility index (Phi) is 10.1. The van der Waals surface area contributed by atoms with Gasteiger partial charge in [0.25, 0.3) is 5.91 Å². The van der Waals surface area contributed by atoms with Crippen LogP contribution < -0.4 is 16.0 Å². The number of pyridine rings is 2. The molecule has 0 radical (unpaired) electrons. The molecule has 0 aromatic carbocycles. The second-order valence-electron chi connectivity index (χ2n) is 8.98. The number of carboxylic acids is 1. The molecule has 0 bridgehead atoms. The highest BCUT2D eigenvalue weighted by Crippen LogP contribution is 2.17. The molecule has 12 nitrogen and oxygen atoms in total. The van der Waals surface area contributed by atoms with Crippen molar-refractivity contribution in [2.45, 2.75) is 52.7 Å². The maximum atomic E-state index is 11.6. The number of hydrogen-bond donors (Lipinski definition) is 4. The van der Waals surface area contributed by atoms with Gasteiger partial charge in [0.2, 0.25) is 0 Å². The molecule has 0 unspecified atom stereocenters. The Morgan fingerprint density at radius 1 is 0.771 bits per heavy atom. The average molecular weight is 490 g/mol. The summed E-state index contributed by atoms with van der Waals surface area (Å²) < 4.78 is 10.1. The largest absolute Gasteiger partial charge is 0.478 e. The van der Waals surface area contributed by atoms with E-state index in [1.807, 2.05) is 0 Å². The lowest BCUT2D eigenvalue weighted by Gasteiger charge is -2.20. The fourth-order valence-corrected chi connectivity index (χ4v) is 2.32. The number of carbonyl (C=O) groups is 4. The van der Waals surface area contributed by atoms with E-state index in [1.165, 1.54) is 37.8 Å². The Hall–Kier alpha value is -4.22. The van der Waals surface area contributed by atoms with Gasteiger partial charge in [-0.25, -0.2) is 14.4 Å². The number of amides is 3. The third-order valence-corrected chi connectivity index (χ3v) is 3.62. The van der Waals surface area contributed by atoms with Gasteiger partial charge in [0.1, 0.15) is 16.8 Å². The summed E-state index contributed by atoms with van der Waals surface area (Å²) in [4.78, 5) is 53.0. The van der Waals surface area contributed by atoms with Crippen molar-refractivity contribution in [2.75, 3.05) is 17.7 Å². The van der Waals surface area contributed by atoms with Gasteiger partial charge in [-0.1, -0.05) is 0 Å². The third kappa shape index (κ3) is 11.0. The predicted octanol–water partition coefficient (Wildman–Crippen LogP) is 3.92. The number of anilines is 2. The van der Waals surface area contributed by atoms with E-state index < -0.39 is 29.4 Å². The van der Waals surface area contributed by atoms with Gasteiger partial charge in [0.15, 0.2) is 0 Å². The van der Waals surface area contributed by atoms with Crippen LogP contribution in [0.2, 0.25) is 0 Å². The van der Waals surface area contributed by atoms with Crippen LogP contribution >= 0.6 is 0 Å². The average Bonchev–Trinajstić information content (AvgIpc) is 2.71. The van der Waals surface area contributed by atoms with Gasteiger partial charge in [-0.2, -0.15) is 0 Å². The highest BCUT2D eigenvalue weighted by molar-refractivity contribution is 6.02. The van der Waals surface area contributed by atoms with Gasteiger partial charge in [-0.15, -0.1) is 0 Å². The van der Waals surface area contributed by atoms with Crippen molar-refractivity contribution in [1.29, 1.82) is 0 Å². The van der Waals surface area contributed by atoms with Crippen molar-refractivity contribution in [1.82, 2.24) is 15.3 Å². The van der Waals surface area contributed by atoms with Crippen LogP contribution in [0, 0.1) is 0 Å². The SMILES string of the molecule is CC(C)(C)OC(=O)Nc1ccncc1C(=O)O.CNC(=O)c1cnccc1NC(=O)OC(C)(C)C. The van der Waals surface area contributed by atoms with Crippen LogP contribution in [0.1, 0.15) is 62.3 Å². The molecule has 0 saturated carbocycles. The van der Waals surface area contributed by atoms with Crippen LogP contribution in [-0.4, -0.2) is 57.4 Å². The molecule has 0 fully saturated rings. The van der Waals surface area contributed by atoms with Crippen molar-refractivity contribution in [2.24, 2.45) is 0 Å². The summed E-state index contributed by atoms with van der Waals surface area (Å²) in [6, 6.07) is 2.93. The van der Waals surface area contributed by atoms with Crippen LogP contribution in [0.3, 0.4) is 0 Å². The van der Waals surface area contributed by atoms with E-state index in [0.717, 1.165) is 6.20 Å². The van der Waals surface area contributed by atoms with Crippen molar-refractivity contribution in [3.8, 4) is 0 Å². The molecule has 190 valence electrons. The highest BCUT2D eigenvalue weighted by Gasteiger charge is 2.19. The fraction of sp³-hybridized carbons (Fsp3) is 0.391. The molecule has 0 saturated heterocycles. The number of aromatic nitrogens is 2. The second kappa shape index (κ2) is 12.3. The Balaban J connectivity index is 0.000000351. The number of nitrogens with one attached hydrogen (secondary N) is 3. The van der Waals surface area contributed by atoms with Gasteiger partial charge in [-0.3, -0.25) is 25.4 Å². The van der Waals surface area contributed by atoms with Gasteiger partial charge in [0, 0.05) is 31.8 Å². The zero-order valence-corrected chi connectivity index (χ0v) is 20.8. The van der Waals surface area contributed by atoms with E-state index in [2.05, 4.69) is 25.9 Å². The Labute approximate surface area is 203 Å². The second-order valence-corrected chi connectivity index (χ2v) is 8.98. The molecule has 2 aromatic rings. The van der Waals surface area contributed by atoms with Crippen LogP contribution in [0.25, 0.3) is 0 Å². The molecule has 0 atom stereocenters. The van der Waals surface area contributed by atoms with Gasteiger partial charge in [-0.05, 0) is 53.7 Å². The summed E-state index contributed by atoms with van der Waals surface area (Å²) >= 11 is 0. The minimum atomic E-state index is -1.16. The van der Waals surface area contributed by atoms with E-state index in [-0.39, 0.29) is 22.7 Å². The molecular weight excluding hydrogens is 458 g/mol. The first-order chi connectivity index (χ1) is 16.1. The number of aromatic carboxylic acids is 1. The van der Waals surface area contributed by atoms with Crippen LogP contribution in [-0.2, 0) is 9.47 Å². The van der Waals surface area contributed by atoms with Gasteiger partial charge >= 0.3 is 18.2 Å². The Morgan fingerprint density at radius 3 is 1.54 bits per heavy atom. The topological polar surface area (TPSA) is 169 Å². The summed E-state index contributed by atoms with van der Waals surface area (Å²) in [6.45, 7) is 10.4. The summed E-state index contributed by atoms with van der Waals surface area (Å²) in [7, 11) is 1.51. The minimum Gasteiger partial charge on any atom is -0.478 e. The summed E-state index contributed by atoms with van der Waals surface area (Å²) in [5, 5.41) is 16.2. The minimum absolute atomic E-state index is 0.0849. The third-order valence-electron chi connectivity index (χ3n) is 3.62. The zero-order valence-electron chi connectivity index (χ0n) is 20.8. The lowest BCUT2D eigenvalue weighted by molar-refractivity contribution is 0.0623. The first-order valence-corrected chi connectivity index (χ1v) is 10.5. The molecule has 3 amide bonds. The molecule has 35 heavy (non-hydrogen) atoms. The predicted molar refractivity (Wildman–Crippen MR) is 129 cm³/mol. The lowest BCUT2D eigenvalue weighted by atomic mass is 10.2. The first-order valence-electron chi connectivity index (χ1n) is 10.5. The molecule has 0 aliphatic rings. The van der Waals surface area contributed by atoms with E-state index >= 15 is 0 Å². The van der Waals surface area contributed by atoms with Crippen molar-refractivity contribution in [3.05, 3.63) is 48.0 Å². The molecular formula is C23H31N5O7. The number of rotatable bonds is 4. The normalized spacial score (nSPS) is 10.7. The maximum Gasteiger partial charge on any atom is 0.412 e. The van der Waals surface area contributed by atoms with Crippen LogP contribution in [0.15, 0.2) is 36.9 Å². The van der Waals surface area contributed by atoms with Crippen LogP contribution in [0.5, 0.6) is 0 Å². The maximum absolute atomic E-state index is 11.6. The summed E-state index contributed by atoms with van der Waals surface area (Å²) in [6.07, 6.45) is 4.10. The molecule has 2 heterocycles. The van der Waals surface area contributed by atoms with Crippen molar-refractivity contribution >= 4 is 35.4 Å². The molecule has 0 aliphatic carbocycles. The van der Waals surface area contributed by atoms with Crippen LogP contribution in [0.4, 0.5) is 21.0 Å². The van der Waals surface area contributed by atoms with E-state index in [4.69, 9.17) is 14.6 Å². The fourth-order valence-electron chi connectivity index (χ4n) is 2.32. The number of nitrogens with zero attached hydrogens (tertiary/aromatic N) is 2. The quantitative estimate of drug-likeness (QED) is 0.497. The summed E-state index contributed by atoms with van der Waals surface area (Å²) in [5.41, 5.74) is -0.519. The Morgan fingerprint density at radius 2 is 1.17 bits per heavy atom. The molecule has 0 aliphatic heterocycles. The van der Waals surface area contributed by atoms with Crippen molar-refractivity contribution in [3.63, 3.8) is 0 Å². The number of carbonyl (C=O) groups excluding carboxylic acids is 3. The molecule has 2 rings (SSSR count). The van der Waals surface area contributed by atoms with Crippen molar-refractivity contribution < 1.29 is 33.8 Å². The number of carboxylic acid groups (broad SMARTS) is 1. The van der Waals surface area contributed by atoms with E-state index in [0.29, 0.717) is 5.69 Å². The summed E-state index contributed by atoms with van der Waals surface area (Å²) in [5.74, 6) is -1.49. The van der Waals surface area contributed by atoms with Gasteiger partial charge < -0.3 is 19.9 Å². The van der Waals surface area contributed by atoms with Gasteiger partial charge in [0.05, 0.1) is 16.9 Å². The Bertz CT molecular complexity index is 1060. The number of hydrogen-bond acceptors (Lipinski definition) is 8. The molecule has 0 spiro atoms. The first kappa shape index (κ1) is 28.8. The zero-order chi connectivity index (χ0) is 26.8. The molecule has 4 N–H and O–H groups in total. The highest BCUT2D eigenvalue weighted by atomic mass is 16.6. The molecule has 12 heteroatoms. The smallest absolute Gasteiger partial charge is 0.412 e. The van der Waals surface area contributed by atoms with E-state index in [9.17, 15) is 19.2 Å². The molecule has 2 aromatic heterocycles. The standard InChI is InChI=1S/C12H17N3O3.C11H14N2O4/c1-12(2,3)18-11(17)15-9-5-6-14-7-8(9)10(16)13-4;1-11(2,3)17-10(16)13-8-4-5-12-6-7(8)9(14)15/h5-7H,1-4H3,(H,13,16)(H,14,15,17);4-6H,1-3H3,(H,14,15)(H,12,13,16).